The lowest BCUT2D eigenvalue weighted by atomic mass is 10.1. The van der Waals surface area contributed by atoms with Gasteiger partial charge in [0.15, 0.2) is 11.5 Å². The van der Waals surface area contributed by atoms with Crippen LogP contribution in [0.2, 0.25) is 0 Å². The first kappa shape index (κ1) is 19.6. The molecule has 2 fully saturated rings. The fourth-order valence-corrected chi connectivity index (χ4v) is 4.22. The Bertz CT molecular complexity index is 1030. The molecular formula is C24H23FN2O4. The third-order valence-corrected chi connectivity index (χ3v) is 6.12. The molecule has 2 heterocycles. The van der Waals surface area contributed by atoms with Crippen molar-refractivity contribution in [1.29, 1.82) is 0 Å². The van der Waals surface area contributed by atoms with E-state index in [9.17, 15) is 14.0 Å². The molecule has 2 aliphatic heterocycles. The molecule has 0 N–H and O–H groups in total. The van der Waals surface area contributed by atoms with Crippen LogP contribution in [0.15, 0.2) is 48.5 Å². The molecule has 0 aromatic heterocycles. The van der Waals surface area contributed by atoms with Crippen LogP contribution in [0.4, 0.5) is 4.39 Å². The second-order valence-corrected chi connectivity index (χ2v) is 8.10. The van der Waals surface area contributed by atoms with Gasteiger partial charge in [-0.15, -0.1) is 0 Å². The van der Waals surface area contributed by atoms with Crippen LogP contribution in [0.25, 0.3) is 6.08 Å². The van der Waals surface area contributed by atoms with Gasteiger partial charge in [-0.05, 0) is 53.8 Å². The molecule has 0 radical (unpaired) electrons. The molecule has 2 amide bonds. The summed E-state index contributed by atoms with van der Waals surface area (Å²) in [4.78, 5) is 29.0. The van der Waals surface area contributed by atoms with Crippen molar-refractivity contribution in [3.8, 4) is 11.5 Å². The molecule has 31 heavy (non-hydrogen) atoms. The molecule has 1 aliphatic carbocycles. The number of ether oxygens (including phenoxy) is 2. The van der Waals surface area contributed by atoms with Crippen LogP contribution in [0.1, 0.15) is 23.5 Å². The first-order valence-corrected chi connectivity index (χ1v) is 10.5. The largest absolute Gasteiger partial charge is 0.454 e. The average molecular weight is 422 g/mol. The summed E-state index contributed by atoms with van der Waals surface area (Å²) in [6.07, 6.45) is 4.13. The summed E-state index contributed by atoms with van der Waals surface area (Å²) in [6, 6.07) is 11.9. The van der Waals surface area contributed by atoms with Crippen molar-refractivity contribution in [3.05, 3.63) is 65.5 Å². The Hall–Kier alpha value is -3.35. The fourth-order valence-electron chi connectivity index (χ4n) is 4.22. The van der Waals surface area contributed by atoms with E-state index in [1.807, 2.05) is 23.1 Å². The summed E-state index contributed by atoms with van der Waals surface area (Å²) in [5.41, 5.74) is 1.88. The number of hydrogen-bond donors (Lipinski definition) is 0. The van der Waals surface area contributed by atoms with E-state index in [-0.39, 0.29) is 36.3 Å². The normalized spacial score (nSPS) is 22.1. The minimum atomic E-state index is -0.263. The summed E-state index contributed by atoms with van der Waals surface area (Å²) in [6.45, 7) is 2.33. The average Bonchev–Trinajstić information content (AvgIpc) is 3.46. The number of piperazine rings is 1. The summed E-state index contributed by atoms with van der Waals surface area (Å²) >= 11 is 0. The Balaban J connectivity index is 1.12. The highest BCUT2D eigenvalue weighted by molar-refractivity contribution is 5.92. The van der Waals surface area contributed by atoms with E-state index >= 15 is 0 Å². The summed E-state index contributed by atoms with van der Waals surface area (Å²) < 4.78 is 23.7. The van der Waals surface area contributed by atoms with Crippen molar-refractivity contribution >= 4 is 17.9 Å². The van der Waals surface area contributed by atoms with E-state index in [0.29, 0.717) is 37.7 Å². The van der Waals surface area contributed by atoms with E-state index in [1.54, 1.807) is 29.2 Å². The topological polar surface area (TPSA) is 59.1 Å². The Labute approximate surface area is 179 Å². The molecule has 7 heteroatoms. The molecule has 3 aliphatic rings. The third kappa shape index (κ3) is 4.13. The molecule has 6 nitrogen and oxygen atoms in total. The zero-order valence-electron chi connectivity index (χ0n) is 17.0. The molecule has 2 atom stereocenters. The fraction of sp³-hybridized carbons (Fsp3) is 0.333. The molecule has 5 rings (SSSR count). The molecule has 2 aromatic rings. The standard InChI is InChI=1S/C24H23FN2O4/c25-18-5-3-17(4-6-18)19-14-20(19)24(29)27-11-9-26(10-12-27)23(28)8-2-16-1-7-21-22(13-16)31-15-30-21/h1-8,13,19-20H,9-12,14-15H2/b8-2+. The lowest BCUT2D eigenvalue weighted by Crippen LogP contribution is -2.50. The van der Waals surface area contributed by atoms with Crippen LogP contribution in [0.5, 0.6) is 11.5 Å². The second-order valence-electron chi connectivity index (χ2n) is 8.10. The van der Waals surface area contributed by atoms with Crippen molar-refractivity contribution in [2.45, 2.75) is 12.3 Å². The Morgan fingerprint density at radius 3 is 2.42 bits per heavy atom. The zero-order chi connectivity index (χ0) is 21.4. The number of fused-ring (bicyclic) bond motifs is 1. The van der Waals surface area contributed by atoms with Gasteiger partial charge in [-0.1, -0.05) is 18.2 Å². The lowest BCUT2D eigenvalue weighted by molar-refractivity contribution is -0.138. The van der Waals surface area contributed by atoms with E-state index in [0.717, 1.165) is 17.5 Å². The number of carbonyl (C=O) groups is 2. The quantitative estimate of drug-likeness (QED) is 0.711. The molecular weight excluding hydrogens is 399 g/mol. The number of rotatable bonds is 4. The van der Waals surface area contributed by atoms with E-state index in [1.165, 1.54) is 12.1 Å². The molecule has 0 spiro atoms. The van der Waals surface area contributed by atoms with E-state index in [2.05, 4.69) is 0 Å². The number of amides is 2. The molecule has 0 bridgehead atoms. The smallest absolute Gasteiger partial charge is 0.246 e. The molecule has 1 saturated carbocycles. The number of hydrogen-bond acceptors (Lipinski definition) is 4. The number of nitrogens with zero attached hydrogens (tertiary/aromatic N) is 2. The first-order chi connectivity index (χ1) is 15.1. The van der Waals surface area contributed by atoms with Crippen LogP contribution >= 0.6 is 0 Å². The summed E-state index contributed by atoms with van der Waals surface area (Å²) in [5.74, 6) is 1.34. The number of benzene rings is 2. The maximum absolute atomic E-state index is 13.1. The van der Waals surface area contributed by atoms with Gasteiger partial charge in [0, 0.05) is 38.2 Å². The minimum Gasteiger partial charge on any atom is -0.454 e. The van der Waals surface area contributed by atoms with Crippen LogP contribution in [0.3, 0.4) is 0 Å². The molecule has 1 saturated heterocycles. The summed E-state index contributed by atoms with van der Waals surface area (Å²) in [5, 5.41) is 0. The van der Waals surface area contributed by atoms with Crippen molar-refractivity contribution in [1.82, 2.24) is 9.80 Å². The van der Waals surface area contributed by atoms with Gasteiger partial charge in [-0.25, -0.2) is 4.39 Å². The Morgan fingerprint density at radius 1 is 0.935 bits per heavy atom. The highest BCUT2D eigenvalue weighted by Gasteiger charge is 2.46. The maximum Gasteiger partial charge on any atom is 0.246 e. The van der Waals surface area contributed by atoms with Crippen LogP contribution < -0.4 is 9.47 Å². The van der Waals surface area contributed by atoms with Gasteiger partial charge in [0.25, 0.3) is 0 Å². The van der Waals surface area contributed by atoms with Crippen LogP contribution in [-0.2, 0) is 9.59 Å². The Kier molecular flexibility index (Phi) is 5.10. The third-order valence-electron chi connectivity index (χ3n) is 6.12. The highest BCUT2D eigenvalue weighted by Crippen LogP contribution is 2.48. The zero-order valence-corrected chi connectivity index (χ0v) is 17.0. The first-order valence-electron chi connectivity index (χ1n) is 10.5. The predicted molar refractivity (Wildman–Crippen MR) is 112 cm³/mol. The number of halogens is 1. The monoisotopic (exact) mass is 422 g/mol. The maximum atomic E-state index is 13.1. The molecule has 2 aromatic carbocycles. The van der Waals surface area contributed by atoms with Crippen molar-refractivity contribution < 1.29 is 23.5 Å². The molecule has 160 valence electrons. The van der Waals surface area contributed by atoms with Gasteiger partial charge in [0.1, 0.15) is 5.82 Å². The van der Waals surface area contributed by atoms with E-state index in [4.69, 9.17) is 9.47 Å². The van der Waals surface area contributed by atoms with Gasteiger partial charge in [0.2, 0.25) is 18.6 Å². The van der Waals surface area contributed by atoms with Crippen LogP contribution in [0, 0.1) is 11.7 Å². The lowest BCUT2D eigenvalue weighted by Gasteiger charge is -2.34. The van der Waals surface area contributed by atoms with Gasteiger partial charge in [0.05, 0.1) is 0 Å². The highest BCUT2D eigenvalue weighted by atomic mass is 19.1. The predicted octanol–water partition coefficient (Wildman–Crippen LogP) is 3.04. The van der Waals surface area contributed by atoms with E-state index < -0.39 is 0 Å². The summed E-state index contributed by atoms with van der Waals surface area (Å²) in [7, 11) is 0. The van der Waals surface area contributed by atoms with Gasteiger partial charge < -0.3 is 19.3 Å². The molecule has 2 unspecified atom stereocenters. The van der Waals surface area contributed by atoms with Crippen molar-refractivity contribution in [2.75, 3.05) is 33.0 Å². The number of carbonyl (C=O) groups excluding carboxylic acids is 2. The van der Waals surface area contributed by atoms with Gasteiger partial charge in [-0.2, -0.15) is 0 Å². The Morgan fingerprint density at radius 2 is 1.65 bits per heavy atom. The van der Waals surface area contributed by atoms with Crippen LogP contribution in [-0.4, -0.2) is 54.6 Å². The van der Waals surface area contributed by atoms with Gasteiger partial charge >= 0.3 is 0 Å². The SMILES string of the molecule is O=C(/C=C/c1ccc2c(c1)OCO2)N1CCN(C(=O)C2CC2c2ccc(F)cc2)CC1. The second kappa shape index (κ2) is 8.06. The van der Waals surface area contributed by atoms with Gasteiger partial charge in [-0.3, -0.25) is 9.59 Å². The van der Waals surface area contributed by atoms with Crippen molar-refractivity contribution in [2.24, 2.45) is 5.92 Å². The van der Waals surface area contributed by atoms with Crippen molar-refractivity contribution in [3.63, 3.8) is 0 Å². The minimum absolute atomic E-state index is 0.0291.